The van der Waals surface area contributed by atoms with Crippen LogP contribution in [0.1, 0.15) is 59.8 Å². The minimum atomic E-state index is -0.0602. The van der Waals surface area contributed by atoms with Gasteiger partial charge in [-0.15, -0.1) is 0 Å². The molecule has 0 bridgehead atoms. The van der Waals surface area contributed by atoms with Crippen molar-refractivity contribution in [3.63, 3.8) is 0 Å². The van der Waals surface area contributed by atoms with E-state index in [-0.39, 0.29) is 10.8 Å². The Morgan fingerprint density at radius 1 is 1.07 bits per heavy atom. The topological polar surface area (TPSA) is 17.1 Å². The number of rotatable bonds is 1. The zero-order valence-electron chi connectivity index (χ0n) is 10.6. The Bertz CT molecular complexity index is 281. The largest absolute Gasteiger partial charge is 0.303 e. The second-order valence-corrected chi connectivity index (χ2v) is 6.89. The van der Waals surface area contributed by atoms with E-state index < -0.39 is 0 Å². The lowest BCUT2D eigenvalue weighted by Crippen LogP contribution is -2.46. The van der Waals surface area contributed by atoms with Crippen LogP contribution < -0.4 is 0 Å². The molecule has 0 heterocycles. The third-order valence-corrected chi connectivity index (χ3v) is 5.75. The van der Waals surface area contributed by atoms with E-state index in [2.05, 4.69) is 27.7 Å². The molecule has 0 spiro atoms. The van der Waals surface area contributed by atoms with E-state index in [9.17, 15) is 4.79 Å². The number of fused-ring (bicyclic) bond motifs is 1. The molecule has 0 aromatic rings. The molecule has 2 saturated carbocycles. The quantitative estimate of drug-likeness (QED) is 0.599. The number of hydrogen-bond acceptors (Lipinski definition) is 1. The maximum atomic E-state index is 11.4. The maximum absolute atomic E-state index is 11.4. The Morgan fingerprint density at radius 3 is 2.33 bits per heavy atom. The molecule has 0 amide bonds. The van der Waals surface area contributed by atoms with E-state index in [1.165, 1.54) is 32.0 Å². The third kappa shape index (κ3) is 1.31. The molecular weight excluding hydrogens is 184 g/mol. The first-order valence-corrected chi connectivity index (χ1v) is 6.32. The summed E-state index contributed by atoms with van der Waals surface area (Å²) < 4.78 is 0. The molecule has 2 fully saturated rings. The number of aldehydes is 1. The summed E-state index contributed by atoms with van der Waals surface area (Å²) in [5, 5.41) is 0. The van der Waals surface area contributed by atoms with Gasteiger partial charge in [0.1, 0.15) is 6.29 Å². The summed E-state index contributed by atoms with van der Waals surface area (Å²) in [6.45, 7) is 9.33. The lowest BCUT2D eigenvalue weighted by molar-refractivity contribution is -0.125. The van der Waals surface area contributed by atoms with Crippen molar-refractivity contribution in [2.75, 3.05) is 0 Å². The fraction of sp³-hybridized carbons (Fsp3) is 0.929. The van der Waals surface area contributed by atoms with E-state index >= 15 is 0 Å². The second kappa shape index (κ2) is 3.09. The molecule has 0 N–H and O–H groups in total. The van der Waals surface area contributed by atoms with Crippen LogP contribution in [0, 0.1) is 22.2 Å². The normalized spacial score (nSPS) is 48.7. The van der Waals surface area contributed by atoms with Crippen molar-refractivity contribution in [1.82, 2.24) is 0 Å². The lowest BCUT2D eigenvalue weighted by atomic mass is 9.52. The van der Waals surface area contributed by atoms with E-state index in [1.807, 2.05) is 0 Å². The average molecular weight is 208 g/mol. The van der Waals surface area contributed by atoms with Gasteiger partial charge in [0.25, 0.3) is 0 Å². The van der Waals surface area contributed by atoms with Crippen LogP contribution in [0.25, 0.3) is 0 Å². The molecule has 2 aliphatic carbocycles. The summed E-state index contributed by atoms with van der Waals surface area (Å²) in [6.07, 6.45) is 7.47. The highest BCUT2D eigenvalue weighted by Gasteiger charge is 2.59. The van der Waals surface area contributed by atoms with Crippen LogP contribution in [-0.4, -0.2) is 6.29 Å². The van der Waals surface area contributed by atoms with Crippen molar-refractivity contribution in [3.05, 3.63) is 0 Å². The van der Waals surface area contributed by atoms with Crippen molar-refractivity contribution in [3.8, 4) is 0 Å². The molecule has 1 heteroatoms. The van der Waals surface area contributed by atoms with E-state index in [4.69, 9.17) is 0 Å². The van der Waals surface area contributed by atoms with Gasteiger partial charge in [0, 0.05) is 5.41 Å². The summed E-state index contributed by atoms with van der Waals surface area (Å²) >= 11 is 0. The van der Waals surface area contributed by atoms with E-state index in [0.29, 0.717) is 5.41 Å². The molecule has 2 rings (SSSR count). The van der Waals surface area contributed by atoms with Crippen LogP contribution in [0.15, 0.2) is 0 Å². The Balaban J connectivity index is 2.39. The SMILES string of the molecule is CC1(C)CCCC2(C)C1CCC2(C)C=O. The van der Waals surface area contributed by atoms with E-state index in [1.54, 1.807) is 0 Å². The van der Waals surface area contributed by atoms with E-state index in [0.717, 1.165) is 12.3 Å². The van der Waals surface area contributed by atoms with Crippen molar-refractivity contribution in [2.24, 2.45) is 22.2 Å². The number of hydrogen-bond donors (Lipinski definition) is 0. The van der Waals surface area contributed by atoms with Crippen LogP contribution in [0.4, 0.5) is 0 Å². The molecule has 86 valence electrons. The Morgan fingerprint density at radius 2 is 1.73 bits per heavy atom. The van der Waals surface area contributed by atoms with Crippen LogP contribution in [-0.2, 0) is 4.79 Å². The van der Waals surface area contributed by atoms with Crippen LogP contribution in [0.2, 0.25) is 0 Å². The monoisotopic (exact) mass is 208 g/mol. The minimum absolute atomic E-state index is 0.0602. The molecule has 0 aliphatic heterocycles. The Labute approximate surface area is 93.6 Å². The van der Waals surface area contributed by atoms with Gasteiger partial charge in [-0.1, -0.05) is 34.1 Å². The third-order valence-electron chi connectivity index (χ3n) is 5.75. The second-order valence-electron chi connectivity index (χ2n) is 6.89. The van der Waals surface area contributed by atoms with Gasteiger partial charge in [0.2, 0.25) is 0 Å². The molecule has 0 radical (unpaired) electrons. The van der Waals surface area contributed by atoms with Crippen LogP contribution in [0.5, 0.6) is 0 Å². The summed E-state index contributed by atoms with van der Waals surface area (Å²) in [4.78, 5) is 11.4. The van der Waals surface area contributed by atoms with Gasteiger partial charge in [-0.05, 0) is 42.4 Å². The van der Waals surface area contributed by atoms with Gasteiger partial charge >= 0.3 is 0 Å². The molecule has 0 aromatic heterocycles. The maximum Gasteiger partial charge on any atom is 0.126 e. The predicted octanol–water partition coefficient (Wildman–Crippen LogP) is 3.82. The molecule has 3 atom stereocenters. The highest BCUT2D eigenvalue weighted by molar-refractivity contribution is 5.61. The molecule has 15 heavy (non-hydrogen) atoms. The first-order chi connectivity index (χ1) is 6.86. The Kier molecular flexibility index (Phi) is 2.30. The summed E-state index contributed by atoms with van der Waals surface area (Å²) in [5.74, 6) is 0.744. The van der Waals surface area contributed by atoms with Crippen molar-refractivity contribution >= 4 is 6.29 Å². The molecule has 1 nitrogen and oxygen atoms in total. The summed E-state index contributed by atoms with van der Waals surface area (Å²) in [6, 6.07) is 0. The molecule has 2 aliphatic rings. The van der Waals surface area contributed by atoms with Gasteiger partial charge in [-0.25, -0.2) is 0 Å². The predicted molar refractivity (Wildman–Crippen MR) is 62.6 cm³/mol. The van der Waals surface area contributed by atoms with Gasteiger partial charge in [-0.2, -0.15) is 0 Å². The van der Waals surface area contributed by atoms with Gasteiger partial charge < -0.3 is 4.79 Å². The number of carbonyl (C=O) groups excluding carboxylic acids is 1. The van der Waals surface area contributed by atoms with Crippen molar-refractivity contribution in [1.29, 1.82) is 0 Å². The van der Waals surface area contributed by atoms with Crippen molar-refractivity contribution < 1.29 is 4.79 Å². The van der Waals surface area contributed by atoms with Crippen LogP contribution >= 0.6 is 0 Å². The summed E-state index contributed by atoms with van der Waals surface area (Å²) in [5.41, 5.74) is 0.639. The first-order valence-electron chi connectivity index (χ1n) is 6.32. The zero-order chi connectivity index (χ0) is 11.3. The summed E-state index contributed by atoms with van der Waals surface area (Å²) in [7, 11) is 0. The molecule has 0 aromatic carbocycles. The van der Waals surface area contributed by atoms with Gasteiger partial charge in [0.05, 0.1) is 0 Å². The fourth-order valence-electron chi connectivity index (χ4n) is 4.44. The van der Waals surface area contributed by atoms with Crippen LogP contribution in [0.3, 0.4) is 0 Å². The highest BCUT2D eigenvalue weighted by atomic mass is 16.1. The standard InChI is InChI=1S/C14H24O/c1-12(2)7-5-8-14(4)11(12)6-9-13(14,3)10-15/h10-11H,5-9H2,1-4H3. The number of carbonyl (C=O) groups is 1. The molecular formula is C14H24O. The fourth-order valence-corrected chi connectivity index (χ4v) is 4.44. The lowest BCUT2D eigenvalue weighted by Gasteiger charge is -2.51. The van der Waals surface area contributed by atoms with Gasteiger partial charge in [-0.3, -0.25) is 0 Å². The highest BCUT2D eigenvalue weighted by Crippen LogP contribution is 2.65. The molecule has 0 saturated heterocycles. The smallest absolute Gasteiger partial charge is 0.126 e. The van der Waals surface area contributed by atoms with Gasteiger partial charge in [0.15, 0.2) is 0 Å². The zero-order valence-corrected chi connectivity index (χ0v) is 10.6. The average Bonchev–Trinajstić information content (AvgIpc) is 2.41. The Hall–Kier alpha value is -0.330. The van der Waals surface area contributed by atoms with Crippen molar-refractivity contribution in [2.45, 2.75) is 59.8 Å². The molecule has 3 unspecified atom stereocenters. The minimum Gasteiger partial charge on any atom is -0.303 e. The first kappa shape index (κ1) is 11.2.